The molecule has 2 aromatic heterocycles. The summed E-state index contributed by atoms with van der Waals surface area (Å²) in [5, 5.41) is 3.10. The number of imidazole rings is 1. The lowest BCUT2D eigenvalue weighted by Gasteiger charge is -2.35. The SMILES string of the molecule is Cc1cn(-c2ccc(Nc3ncc4c(n3)N(C)C(c3ccccc3C)CO4)cc2F)cn1. The van der Waals surface area contributed by atoms with Gasteiger partial charge in [0.05, 0.1) is 29.9 Å². The van der Waals surface area contributed by atoms with Crippen molar-refractivity contribution in [3.05, 3.63) is 83.8 Å². The van der Waals surface area contributed by atoms with Crippen molar-refractivity contribution in [1.82, 2.24) is 19.5 Å². The monoisotopic (exact) mass is 430 g/mol. The van der Waals surface area contributed by atoms with Gasteiger partial charge in [0.25, 0.3) is 0 Å². The number of hydrogen-bond acceptors (Lipinski definition) is 6. The zero-order chi connectivity index (χ0) is 22.2. The molecule has 1 N–H and O–H groups in total. The Morgan fingerprint density at radius 2 is 1.97 bits per heavy atom. The number of aromatic nitrogens is 4. The summed E-state index contributed by atoms with van der Waals surface area (Å²) in [7, 11) is 2.00. The van der Waals surface area contributed by atoms with Crippen molar-refractivity contribution in [3.8, 4) is 11.4 Å². The maximum absolute atomic E-state index is 14.7. The first kappa shape index (κ1) is 20.0. The topological polar surface area (TPSA) is 68.1 Å². The minimum Gasteiger partial charge on any atom is -0.486 e. The molecule has 8 heteroatoms. The Balaban J connectivity index is 1.40. The molecule has 0 saturated heterocycles. The number of nitrogens with one attached hydrogen (secondary N) is 1. The van der Waals surface area contributed by atoms with Crippen LogP contribution in [0.4, 0.5) is 21.8 Å². The maximum atomic E-state index is 14.7. The number of benzene rings is 2. The van der Waals surface area contributed by atoms with E-state index in [-0.39, 0.29) is 11.9 Å². The summed E-state index contributed by atoms with van der Waals surface area (Å²) in [4.78, 5) is 15.2. The van der Waals surface area contributed by atoms with Crippen molar-refractivity contribution in [1.29, 1.82) is 0 Å². The molecular weight excluding hydrogens is 407 g/mol. The Morgan fingerprint density at radius 1 is 1.12 bits per heavy atom. The van der Waals surface area contributed by atoms with Gasteiger partial charge in [-0.05, 0) is 43.2 Å². The molecule has 1 atom stereocenters. The van der Waals surface area contributed by atoms with Crippen LogP contribution in [0.5, 0.6) is 5.75 Å². The first-order valence-electron chi connectivity index (χ1n) is 10.4. The van der Waals surface area contributed by atoms with Crippen LogP contribution in [0.25, 0.3) is 5.69 Å². The van der Waals surface area contributed by atoms with Crippen LogP contribution in [0.1, 0.15) is 22.9 Å². The van der Waals surface area contributed by atoms with Gasteiger partial charge in [0.15, 0.2) is 11.6 Å². The highest BCUT2D eigenvalue weighted by Crippen LogP contribution is 2.38. The zero-order valence-electron chi connectivity index (χ0n) is 18.1. The fraction of sp³-hybridized carbons (Fsp3) is 0.208. The summed E-state index contributed by atoms with van der Waals surface area (Å²) in [5.74, 6) is 1.31. The number of rotatable bonds is 4. The number of aryl methyl sites for hydroxylation is 2. The van der Waals surface area contributed by atoms with Gasteiger partial charge in [0.1, 0.15) is 12.4 Å². The van der Waals surface area contributed by atoms with E-state index in [9.17, 15) is 4.39 Å². The van der Waals surface area contributed by atoms with Crippen LogP contribution in [0.15, 0.2) is 61.2 Å². The number of likely N-dealkylation sites (N-methyl/N-ethyl adjacent to an activating group) is 1. The van der Waals surface area contributed by atoms with Gasteiger partial charge in [-0.25, -0.2) is 14.4 Å². The molecule has 2 aromatic carbocycles. The summed E-state index contributed by atoms with van der Waals surface area (Å²) in [6.07, 6.45) is 5.02. The Hall–Kier alpha value is -3.94. The Bertz CT molecular complexity index is 1290. The molecule has 0 bridgehead atoms. The first-order valence-corrected chi connectivity index (χ1v) is 10.4. The molecule has 1 aliphatic heterocycles. The molecule has 0 saturated carbocycles. The smallest absolute Gasteiger partial charge is 0.229 e. The highest BCUT2D eigenvalue weighted by molar-refractivity contribution is 5.62. The highest BCUT2D eigenvalue weighted by atomic mass is 19.1. The Labute approximate surface area is 185 Å². The van der Waals surface area contributed by atoms with Gasteiger partial charge in [0, 0.05) is 18.9 Å². The van der Waals surface area contributed by atoms with E-state index >= 15 is 0 Å². The van der Waals surface area contributed by atoms with E-state index < -0.39 is 0 Å². The van der Waals surface area contributed by atoms with E-state index in [1.54, 1.807) is 35.4 Å². The summed E-state index contributed by atoms with van der Waals surface area (Å²) in [5.41, 5.74) is 4.20. The highest BCUT2D eigenvalue weighted by Gasteiger charge is 2.29. The van der Waals surface area contributed by atoms with Crippen molar-refractivity contribution in [3.63, 3.8) is 0 Å². The second-order valence-electron chi connectivity index (χ2n) is 7.89. The van der Waals surface area contributed by atoms with Gasteiger partial charge in [-0.1, -0.05) is 24.3 Å². The molecule has 1 aliphatic rings. The van der Waals surface area contributed by atoms with Crippen molar-refractivity contribution in [2.45, 2.75) is 19.9 Å². The predicted molar refractivity (Wildman–Crippen MR) is 121 cm³/mol. The van der Waals surface area contributed by atoms with Crippen molar-refractivity contribution < 1.29 is 9.13 Å². The molecular formula is C24H23FN6O. The fourth-order valence-electron chi connectivity index (χ4n) is 3.94. The van der Waals surface area contributed by atoms with E-state index in [1.807, 2.05) is 26.1 Å². The summed E-state index contributed by atoms with van der Waals surface area (Å²) in [6.45, 7) is 4.47. The standard InChI is InChI=1S/C24H23FN6O/c1-15-6-4-5-7-18(15)21-13-32-22-11-26-24(29-23(22)30(21)3)28-17-8-9-20(19(25)10-17)31-12-16(2)27-14-31/h4-12,14,21H,13H2,1-3H3,(H,26,28,29). The van der Waals surface area contributed by atoms with Crippen LogP contribution < -0.4 is 15.0 Å². The molecule has 0 amide bonds. The van der Waals surface area contributed by atoms with Crippen molar-refractivity contribution in [2.75, 3.05) is 23.9 Å². The average molecular weight is 430 g/mol. The number of anilines is 3. The number of hydrogen-bond donors (Lipinski definition) is 1. The molecule has 3 heterocycles. The quantitative estimate of drug-likeness (QED) is 0.505. The van der Waals surface area contributed by atoms with Crippen LogP contribution in [0.3, 0.4) is 0 Å². The largest absolute Gasteiger partial charge is 0.486 e. The number of ether oxygens (including phenoxy) is 1. The lowest BCUT2D eigenvalue weighted by atomic mass is 10.00. The normalized spacial score (nSPS) is 15.2. The number of fused-ring (bicyclic) bond motifs is 1. The molecule has 7 nitrogen and oxygen atoms in total. The van der Waals surface area contributed by atoms with Gasteiger partial charge < -0.3 is 19.5 Å². The van der Waals surface area contributed by atoms with E-state index in [4.69, 9.17) is 4.74 Å². The lowest BCUT2D eigenvalue weighted by molar-refractivity contribution is 0.264. The molecule has 0 aliphatic carbocycles. The van der Waals surface area contributed by atoms with E-state index in [0.717, 1.165) is 5.69 Å². The molecule has 1 unspecified atom stereocenters. The Morgan fingerprint density at radius 3 is 2.72 bits per heavy atom. The molecule has 0 spiro atoms. The summed E-state index contributed by atoms with van der Waals surface area (Å²) >= 11 is 0. The van der Waals surface area contributed by atoms with Gasteiger partial charge in [0.2, 0.25) is 5.95 Å². The molecule has 32 heavy (non-hydrogen) atoms. The van der Waals surface area contributed by atoms with Crippen LogP contribution in [-0.2, 0) is 0 Å². The fourth-order valence-corrected chi connectivity index (χ4v) is 3.94. The minimum atomic E-state index is -0.370. The van der Waals surface area contributed by atoms with E-state index in [2.05, 4.69) is 44.2 Å². The molecule has 5 rings (SSSR count). The zero-order valence-corrected chi connectivity index (χ0v) is 18.1. The van der Waals surface area contributed by atoms with Crippen molar-refractivity contribution >= 4 is 17.5 Å². The van der Waals surface area contributed by atoms with Gasteiger partial charge in [-0.3, -0.25) is 0 Å². The van der Waals surface area contributed by atoms with Gasteiger partial charge in [-0.15, -0.1) is 0 Å². The van der Waals surface area contributed by atoms with E-state index in [1.165, 1.54) is 17.2 Å². The number of nitrogens with zero attached hydrogens (tertiary/aromatic N) is 5. The predicted octanol–water partition coefficient (Wildman–Crippen LogP) is 4.73. The Kier molecular flexibility index (Phi) is 4.97. The number of halogens is 1. The van der Waals surface area contributed by atoms with Crippen LogP contribution in [0.2, 0.25) is 0 Å². The lowest BCUT2D eigenvalue weighted by Crippen LogP contribution is -2.34. The first-order chi connectivity index (χ1) is 15.5. The van der Waals surface area contributed by atoms with Gasteiger partial charge >= 0.3 is 0 Å². The third-order valence-electron chi connectivity index (χ3n) is 5.68. The second-order valence-corrected chi connectivity index (χ2v) is 7.89. The van der Waals surface area contributed by atoms with Crippen molar-refractivity contribution in [2.24, 2.45) is 0 Å². The molecule has 4 aromatic rings. The minimum absolute atomic E-state index is 0.0433. The third kappa shape index (κ3) is 3.64. The van der Waals surface area contributed by atoms with E-state index in [0.29, 0.717) is 35.5 Å². The summed E-state index contributed by atoms with van der Waals surface area (Å²) in [6, 6.07) is 13.2. The summed E-state index contributed by atoms with van der Waals surface area (Å²) < 4.78 is 22.3. The van der Waals surface area contributed by atoms with Gasteiger partial charge in [-0.2, -0.15) is 4.98 Å². The third-order valence-corrected chi connectivity index (χ3v) is 5.68. The molecule has 162 valence electrons. The average Bonchev–Trinajstić information content (AvgIpc) is 3.21. The van der Waals surface area contributed by atoms with Crippen LogP contribution in [-0.4, -0.2) is 33.2 Å². The molecule has 0 radical (unpaired) electrons. The van der Waals surface area contributed by atoms with Crippen LogP contribution >= 0.6 is 0 Å². The second kappa shape index (κ2) is 7.96. The molecule has 0 fully saturated rings. The maximum Gasteiger partial charge on any atom is 0.229 e. The van der Waals surface area contributed by atoms with Crippen LogP contribution in [0, 0.1) is 19.7 Å².